The first-order chi connectivity index (χ1) is 4.86. The van der Waals surface area contributed by atoms with E-state index in [2.05, 4.69) is 0 Å². The van der Waals surface area contributed by atoms with E-state index in [-0.39, 0.29) is 13.2 Å². The number of hydrogen-bond acceptors (Lipinski definition) is 2. The van der Waals surface area contributed by atoms with E-state index in [1.54, 1.807) is 0 Å². The van der Waals surface area contributed by atoms with Crippen LogP contribution < -0.4 is 0 Å². The van der Waals surface area contributed by atoms with Crippen LogP contribution in [0.1, 0.15) is 12.8 Å². The Hall–Kier alpha value is -0.340. The topological polar surface area (TPSA) is 40.5 Å². The van der Waals surface area contributed by atoms with Gasteiger partial charge in [-0.1, -0.05) is 12.2 Å². The lowest BCUT2D eigenvalue weighted by atomic mass is 9.90. The molecule has 0 fully saturated rings. The highest BCUT2D eigenvalue weighted by atomic mass is 16.3. The molecule has 0 saturated heterocycles. The summed E-state index contributed by atoms with van der Waals surface area (Å²) in [6, 6.07) is 0. The quantitative estimate of drug-likeness (QED) is 0.553. The second kappa shape index (κ2) is 3.74. The van der Waals surface area contributed by atoms with Crippen LogP contribution in [0.15, 0.2) is 12.2 Å². The number of hydrogen-bond donors (Lipinski definition) is 2. The van der Waals surface area contributed by atoms with Crippen LogP contribution in [-0.2, 0) is 0 Å². The molecule has 2 N–H and O–H groups in total. The molecule has 0 amide bonds. The molecule has 0 aliphatic heterocycles. The largest absolute Gasteiger partial charge is 0.396 e. The normalized spacial score (nSPS) is 32.6. The van der Waals surface area contributed by atoms with E-state index < -0.39 is 0 Å². The second-order valence-electron chi connectivity index (χ2n) is 2.85. The van der Waals surface area contributed by atoms with Crippen molar-refractivity contribution < 1.29 is 10.2 Å². The molecule has 0 spiro atoms. The van der Waals surface area contributed by atoms with Crippen LogP contribution in [0, 0.1) is 11.8 Å². The predicted molar refractivity (Wildman–Crippen MR) is 39.5 cm³/mol. The lowest BCUT2D eigenvalue weighted by Crippen LogP contribution is -2.13. The maximum absolute atomic E-state index is 8.74. The highest BCUT2D eigenvalue weighted by molar-refractivity contribution is 4.97. The minimum absolute atomic E-state index is 0.245. The first-order valence-corrected chi connectivity index (χ1v) is 3.77. The lowest BCUT2D eigenvalue weighted by Gasteiger charge is -2.19. The Kier molecular flexibility index (Phi) is 2.90. The smallest absolute Gasteiger partial charge is 0.0493 e. The van der Waals surface area contributed by atoms with Gasteiger partial charge in [-0.3, -0.25) is 0 Å². The summed E-state index contributed by atoms with van der Waals surface area (Å²) in [5, 5.41) is 17.5. The zero-order chi connectivity index (χ0) is 7.40. The first-order valence-electron chi connectivity index (χ1n) is 3.77. The molecule has 10 heavy (non-hydrogen) atoms. The molecule has 1 rings (SSSR count). The Bertz CT molecular complexity index is 106. The summed E-state index contributed by atoms with van der Waals surface area (Å²) < 4.78 is 0. The average molecular weight is 142 g/mol. The zero-order valence-electron chi connectivity index (χ0n) is 6.03. The molecule has 1 aliphatic carbocycles. The zero-order valence-corrected chi connectivity index (χ0v) is 6.03. The molecule has 0 heterocycles. The second-order valence-corrected chi connectivity index (χ2v) is 2.85. The van der Waals surface area contributed by atoms with Crippen LogP contribution in [0.4, 0.5) is 0 Å². The average Bonchev–Trinajstić information content (AvgIpc) is 2.05. The first kappa shape index (κ1) is 7.76. The van der Waals surface area contributed by atoms with Crippen LogP contribution in [0.5, 0.6) is 0 Å². The molecule has 1 aliphatic rings. The van der Waals surface area contributed by atoms with E-state index in [1.165, 1.54) is 0 Å². The molecule has 0 unspecified atom stereocenters. The Balaban J connectivity index is 2.36. The Morgan fingerprint density at radius 3 is 1.60 bits per heavy atom. The van der Waals surface area contributed by atoms with Gasteiger partial charge in [0.25, 0.3) is 0 Å². The van der Waals surface area contributed by atoms with Crippen molar-refractivity contribution >= 4 is 0 Å². The van der Waals surface area contributed by atoms with Crippen LogP contribution in [0.3, 0.4) is 0 Å². The Morgan fingerprint density at radius 2 is 1.40 bits per heavy atom. The third-order valence-electron chi connectivity index (χ3n) is 2.03. The predicted octanol–water partition coefficient (Wildman–Crippen LogP) is 0.553. The van der Waals surface area contributed by atoms with Crippen molar-refractivity contribution in [3.63, 3.8) is 0 Å². The van der Waals surface area contributed by atoms with Crippen molar-refractivity contribution in [3.8, 4) is 0 Å². The van der Waals surface area contributed by atoms with Gasteiger partial charge in [-0.25, -0.2) is 0 Å². The molecule has 0 aromatic carbocycles. The standard InChI is InChI=1S/C8H14O2/c9-5-7-1-2-8(6-10)4-3-7/h1-2,7-10H,3-6H2/t7-,8+. The summed E-state index contributed by atoms with van der Waals surface area (Å²) >= 11 is 0. The van der Waals surface area contributed by atoms with E-state index in [0.29, 0.717) is 11.8 Å². The molecule has 0 saturated carbocycles. The molecule has 2 heteroatoms. The van der Waals surface area contributed by atoms with E-state index in [1.807, 2.05) is 12.2 Å². The van der Waals surface area contributed by atoms with Gasteiger partial charge < -0.3 is 10.2 Å². The fourth-order valence-electron chi connectivity index (χ4n) is 1.24. The maximum atomic E-state index is 8.74. The van der Waals surface area contributed by atoms with Crippen molar-refractivity contribution in [1.29, 1.82) is 0 Å². The van der Waals surface area contributed by atoms with Crippen LogP contribution in [0.2, 0.25) is 0 Å². The fourth-order valence-corrected chi connectivity index (χ4v) is 1.24. The number of aliphatic hydroxyl groups is 2. The van der Waals surface area contributed by atoms with Gasteiger partial charge in [0.2, 0.25) is 0 Å². The highest BCUT2D eigenvalue weighted by Crippen LogP contribution is 2.20. The van der Waals surface area contributed by atoms with Gasteiger partial charge in [-0.05, 0) is 24.7 Å². The van der Waals surface area contributed by atoms with Crippen LogP contribution in [0.25, 0.3) is 0 Å². The molecule has 58 valence electrons. The maximum Gasteiger partial charge on any atom is 0.0493 e. The van der Waals surface area contributed by atoms with Crippen molar-refractivity contribution in [1.82, 2.24) is 0 Å². The van der Waals surface area contributed by atoms with Crippen LogP contribution in [-0.4, -0.2) is 23.4 Å². The van der Waals surface area contributed by atoms with Gasteiger partial charge in [0, 0.05) is 13.2 Å². The summed E-state index contributed by atoms with van der Waals surface area (Å²) in [6.07, 6.45) is 6.03. The third kappa shape index (κ3) is 1.82. The number of aliphatic hydroxyl groups excluding tert-OH is 2. The molecule has 2 nitrogen and oxygen atoms in total. The van der Waals surface area contributed by atoms with Crippen molar-refractivity contribution in [3.05, 3.63) is 12.2 Å². The van der Waals surface area contributed by atoms with Crippen molar-refractivity contribution in [2.24, 2.45) is 11.8 Å². The molecule has 0 aromatic heterocycles. The summed E-state index contributed by atoms with van der Waals surface area (Å²) in [7, 11) is 0. The van der Waals surface area contributed by atoms with Gasteiger partial charge in [0.05, 0.1) is 0 Å². The van der Waals surface area contributed by atoms with E-state index >= 15 is 0 Å². The molecule has 2 atom stereocenters. The molecular weight excluding hydrogens is 128 g/mol. The third-order valence-corrected chi connectivity index (χ3v) is 2.03. The van der Waals surface area contributed by atoms with Crippen molar-refractivity contribution in [2.75, 3.05) is 13.2 Å². The van der Waals surface area contributed by atoms with Gasteiger partial charge in [0.15, 0.2) is 0 Å². The lowest BCUT2D eigenvalue weighted by molar-refractivity contribution is 0.206. The Morgan fingerprint density at radius 1 is 1.00 bits per heavy atom. The fraction of sp³-hybridized carbons (Fsp3) is 0.750. The minimum Gasteiger partial charge on any atom is -0.396 e. The summed E-state index contributed by atoms with van der Waals surface area (Å²) in [5.74, 6) is 0.672. The minimum atomic E-state index is 0.245. The van der Waals surface area contributed by atoms with Gasteiger partial charge in [0.1, 0.15) is 0 Å². The molecule has 0 bridgehead atoms. The highest BCUT2D eigenvalue weighted by Gasteiger charge is 2.13. The molecule has 0 aromatic rings. The van der Waals surface area contributed by atoms with E-state index in [9.17, 15) is 0 Å². The summed E-state index contributed by atoms with van der Waals surface area (Å²) in [5.41, 5.74) is 0. The van der Waals surface area contributed by atoms with E-state index in [0.717, 1.165) is 12.8 Å². The SMILES string of the molecule is OC[C@H]1C=C[C@@H](CO)CC1. The molecular formula is C8H14O2. The summed E-state index contributed by atoms with van der Waals surface area (Å²) in [4.78, 5) is 0. The number of rotatable bonds is 2. The van der Waals surface area contributed by atoms with Crippen molar-refractivity contribution in [2.45, 2.75) is 12.8 Å². The monoisotopic (exact) mass is 142 g/mol. The van der Waals surface area contributed by atoms with Gasteiger partial charge in [-0.2, -0.15) is 0 Å². The van der Waals surface area contributed by atoms with Gasteiger partial charge in [-0.15, -0.1) is 0 Å². The van der Waals surface area contributed by atoms with E-state index in [4.69, 9.17) is 10.2 Å². The van der Waals surface area contributed by atoms with Gasteiger partial charge >= 0.3 is 0 Å². The Labute approximate surface area is 61.2 Å². The molecule has 0 radical (unpaired) electrons. The van der Waals surface area contributed by atoms with Crippen LogP contribution >= 0.6 is 0 Å². The summed E-state index contributed by atoms with van der Waals surface area (Å²) in [6.45, 7) is 0.489.